The summed E-state index contributed by atoms with van der Waals surface area (Å²) in [5.41, 5.74) is 1.19. The van der Waals surface area contributed by atoms with Crippen molar-refractivity contribution in [2.75, 3.05) is 4.72 Å². The van der Waals surface area contributed by atoms with Crippen molar-refractivity contribution in [3.05, 3.63) is 53.3 Å². The number of allylic oxidation sites excluding steroid dienone is 2. The van der Waals surface area contributed by atoms with E-state index in [-0.39, 0.29) is 11.1 Å². The Labute approximate surface area is 75.3 Å². The maximum atomic E-state index is 3.43. The lowest BCUT2D eigenvalue weighted by Gasteiger charge is -2.13. The minimum Gasteiger partial charge on any atom is -0.343 e. The average Bonchev–Trinajstić information content (AvgIpc) is 2.59. The number of hydrogen-bond donors (Lipinski definition) is 2. The molecule has 0 bridgehead atoms. The van der Waals surface area contributed by atoms with E-state index in [1.54, 1.807) is 0 Å². The van der Waals surface area contributed by atoms with Crippen molar-refractivity contribution in [2.45, 2.75) is 0 Å². The van der Waals surface area contributed by atoms with Gasteiger partial charge in [0, 0.05) is 5.69 Å². The number of nitrogens with one attached hydrogen (secondary N) is 1. The summed E-state index contributed by atoms with van der Waals surface area (Å²) in [6.45, 7) is 0. The Hall–Kier alpha value is -1.15. The molecule has 1 aromatic carbocycles. The van der Waals surface area contributed by atoms with Crippen LogP contribution in [0.4, 0.5) is 5.69 Å². The van der Waals surface area contributed by atoms with E-state index in [0.717, 1.165) is 0 Å². The minimum absolute atomic E-state index is 0.233. The largest absolute Gasteiger partial charge is 0.343 e. The van der Waals surface area contributed by atoms with E-state index in [9.17, 15) is 0 Å². The zero-order valence-corrected chi connectivity index (χ0v) is 7.54. The van der Waals surface area contributed by atoms with Crippen LogP contribution in [0.15, 0.2) is 53.3 Å². The second kappa shape index (κ2) is 3.50. The van der Waals surface area contributed by atoms with E-state index in [0.29, 0.717) is 0 Å². The fourth-order valence-electron chi connectivity index (χ4n) is 1.07. The molecule has 0 atom stereocenters. The second-order valence-electron chi connectivity index (χ2n) is 2.57. The molecule has 0 aliphatic carbocycles. The quantitative estimate of drug-likeness (QED) is 0.662. The fourth-order valence-corrected chi connectivity index (χ4v) is 2.34. The fraction of sp³-hybridized carbons (Fsp3) is 0. The Balaban J connectivity index is 2.04. The third kappa shape index (κ3) is 1.71. The van der Waals surface area contributed by atoms with Gasteiger partial charge in [0.05, 0.1) is 0 Å². The van der Waals surface area contributed by atoms with Gasteiger partial charge < -0.3 is 4.72 Å². The molecule has 0 spiro atoms. The molecule has 0 aromatic heterocycles. The molecule has 0 fully saturated rings. The van der Waals surface area contributed by atoms with Gasteiger partial charge in [0.2, 0.25) is 0 Å². The van der Waals surface area contributed by atoms with E-state index < -0.39 is 0 Å². The molecule has 1 aliphatic heterocycles. The van der Waals surface area contributed by atoms with Crippen LogP contribution in [-0.4, -0.2) is 0 Å². The molecule has 0 radical (unpaired) electrons. The van der Waals surface area contributed by atoms with Gasteiger partial charge in [-0.2, -0.15) is 0 Å². The molecular weight excluding hydrogens is 166 g/mol. The first-order chi connectivity index (χ1) is 5.95. The number of thiol groups is 1. The van der Waals surface area contributed by atoms with Gasteiger partial charge in [0.1, 0.15) is 0 Å². The standard InChI is InChI=1S/C10H11NS/c1-2-6-10(7-3-1)11-12-8-4-5-9-12/h1-9,11-12H. The smallest absolute Gasteiger partial charge is 0.0429 e. The number of anilines is 1. The molecule has 1 N–H and O–H groups in total. The van der Waals surface area contributed by atoms with Crippen LogP contribution in [0.25, 0.3) is 0 Å². The Morgan fingerprint density at radius 1 is 0.917 bits per heavy atom. The van der Waals surface area contributed by atoms with E-state index in [1.807, 2.05) is 18.2 Å². The van der Waals surface area contributed by atoms with Crippen LogP contribution in [0.1, 0.15) is 0 Å². The zero-order chi connectivity index (χ0) is 8.23. The van der Waals surface area contributed by atoms with Crippen LogP contribution < -0.4 is 4.72 Å². The minimum atomic E-state index is -0.233. The van der Waals surface area contributed by atoms with Gasteiger partial charge in [-0.3, -0.25) is 0 Å². The van der Waals surface area contributed by atoms with Gasteiger partial charge in [-0.1, -0.05) is 30.4 Å². The van der Waals surface area contributed by atoms with E-state index in [1.165, 1.54) is 5.69 Å². The third-order valence-electron chi connectivity index (χ3n) is 1.64. The van der Waals surface area contributed by atoms with Gasteiger partial charge in [0.25, 0.3) is 0 Å². The van der Waals surface area contributed by atoms with Crippen LogP contribution in [-0.2, 0) is 0 Å². The molecule has 0 unspecified atom stereocenters. The molecule has 2 heteroatoms. The summed E-state index contributed by atoms with van der Waals surface area (Å²) in [7, 11) is 0. The second-order valence-corrected chi connectivity index (χ2v) is 4.20. The highest BCUT2D eigenvalue weighted by molar-refractivity contribution is 8.23. The normalized spacial score (nSPS) is 16.8. The summed E-state index contributed by atoms with van der Waals surface area (Å²) in [5.74, 6) is 0. The summed E-state index contributed by atoms with van der Waals surface area (Å²) in [5, 5.41) is 4.39. The number of hydrogen-bond acceptors (Lipinski definition) is 1. The van der Waals surface area contributed by atoms with Crippen LogP contribution in [0.2, 0.25) is 0 Å². The van der Waals surface area contributed by atoms with Gasteiger partial charge in [-0.25, -0.2) is 0 Å². The Kier molecular flexibility index (Phi) is 2.19. The first-order valence-electron chi connectivity index (χ1n) is 3.90. The third-order valence-corrected chi connectivity index (χ3v) is 3.14. The van der Waals surface area contributed by atoms with Gasteiger partial charge >= 0.3 is 0 Å². The highest BCUT2D eigenvalue weighted by Gasteiger charge is 1.96. The predicted molar refractivity (Wildman–Crippen MR) is 57.3 cm³/mol. The van der Waals surface area contributed by atoms with E-state index in [4.69, 9.17) is 0 Å². The summed E-state index contributed by atoms with van der Waals surface area (Å²) in [6, 6.07) is 10.3. The molecule has 1 nitrogen and oxygen atoms in total. The lowest BCUT2D eigenvalue weighted by atomic mass is 10.3. The van der Waals surface area contributed by atoms with Crippen LogP contribution in [0.5, 0.6) is 0 Å². The monoisotopic (exact) mass is 177 g/mol. The molecule has 0 saturated carbocycles. The van der Waals surface area contributed by atoms with E-state index in [2.05, 4.69) is 39.8 Å². The summed E-state index contributed by atoms with van der Waals surface area (Å²) >= 11 is -0.233. The van der Waals surface area contributed by atoms with Crippen molar-refractivity contribution in [2.24, 2.45) is 0 Å². The lowest BCUT2D eigenvalue weighted by Crippen LogP contribution is -1.88. The van der Waals surface area contributed by atoms with Crippen molar-refractivity contribution in [3.8, 4) is 0 Å². The maximum absolute atomic E-state index is 3.43. The topological polar surface area (TPSA) is 12.0 Å². The maximum Gasteiger partial charge on any atom is 0.0429 e. The highest BCUT2D eigenvalue weighted by atomic mass is 32.2. The molecule has 1 heterocycles. The van der Waals surface area contributed by atoms with E-state index >= 15 is 0 Å². The highest BCUT2D eigenvalue weighted by Crippen LogP contribution is 2.33. The molecule has 1 aliphatic rings. The van der Waals surface area contributed by atoms with Crippen LogP contribution in [0, 0.1) is 0 Å². The molecular formula is C10H11NS. The lowest BCUT2D eigenvalue weighted by molar-refractivity contribution is 1.68. The first-order valence-corrected chi connectivity index (χ1v) is 5.38. The Morgan fingerprint density at radius 2 is 1.58 bits per heavy atom. The van der Waals surface area contributed by atoms with Gasteiger partial charge in [-0.15, -0.1) is 11.1 Å². The predicted octanol–water partition coefficient (Wildman–Crippen LogP) is 3.06. The first kappa shape index (κ1) is 7.50. The van der Waals surface area contributed by atoms with Crippen molar-refractivity contribution in [1.82, 2.24) is 0 Å². The molecule has 0 saturated heterocycles. The van der Waals surface area contributed by atoms with Crippen LogP contribution >= 0.6 is 11.1 Å². The summed E-state index contributed by atoms with van der Waals surface area (Å²) in [4.78, 5) is 0. The zero-order valence-electron chi connectivity index (χ0n) is 6.64. The Bertz CT molecular complexity index is 291. The van der Waals surface area contributed by atoms with Gasteiger partial charge in [0.15, 0.2) is 0 Å². The molecule has 1 aromatic rings. The summed E-state index contributed by atoms with van der Waals surface area (Å²) < 4.78 is 3.43. The average molecular weight is 177 g/mol. The molecule has 62 valence electrons. The van der Waals surface area contributed by atoms with Crippen molar-refractivity contribution in [1.29, 1.82) is 0 Å². The van der Waals surface area contributed by atoms with Crippen LogP contribution in [0.3, 0.4) is 0 Å². The number of benzene rings is 1. The van der Waals surface area contributed by atoms with Crippen molar-refractivity contribution < 1.29 is 0 Å². The van der Waals surface area contributed by atoms with Crippen molar-refractivity contribution >= 4 is 16.8 Å². The van der Waals surface area contributed by atoms with Crippen molar-refractivity contribution in [3.63, 3.8) is 0 Å². The number of para-hydroxylation sites is 1. The summed E-state index contributed by atoms with van der Waals surface area (Å²) in [6.07, 6.45) is 4.17. The molecule has 12 heavy (non-hydrogen) atoms. The number of rotatable bonds is 2. The SMILES string of the molecule is C1=C[SH](Nc2ccccc2)C=C1. The molecule has 2 rings (SSSR count). The molecule has 0 amide bonds. The van der Waals surface area contributed by atoms with Gasteiger partial charge in [-0.05, 0) is 22.9 Å². The Morgan fingerprint density at radius 3 is 2.25 bits per heavy atom.